The van der Waals surface area contributed by atoms with Crippen molar-refractivity contribution in [2.75, 3.05) is 23.1 Å². The van der Waals surface area contributed by atoms with Crippen LogP contribution in [-0.2, 0) is 0 Å². The Hall–Kier alpha value is -5.20. The molecule has 4 aromatic rings. The van der Waals surface area contributed by atoms with E-state index >= 15 is 0 Å². The number of methoxy groups -OCH3 is 1. The zero-order valence-electron chi connectivity index (χ0n) is 19.7. The number of alkyl halides is 3. The Balaban J connectivity index is 1.42. The van der Waals surface area contributed by atoms with Crippen molar-refractivity contribution in [3.05, 3.63) is 78.4 Å². The van der Waals surface area contributed by atoms with Crippen LogP contribution >= 0.6 is 0 Å². The molecule has 13 heteroatoms. The first-order valence-corrected chi connectivity index (χ1v) is 10.9. The maximum atomic E-state index is 12.3. The second-order valence-electron chi connectivity index (χ2n) is 7.77. The van der Waals surface area contributed by atoms with Crippen molar-refractivity contribution in [2.45, 2.75) is 6.36 Å². The van der Waals surface area contributed by atoms with Crippen molar-refractivity contribution in [1.82, 2.24) is 10.2 Å². The number of anilines is 4. The third-order valence-corrected chi connectivity index (χ3v) is 5.13. The number of urea groups is 1. The van der Waals surface area contributed by atoms with Crippen LogP contribution < -0.4 is 31.2 Å². The van der Waals surface area contributed by atoms with Gasteiger partial charge in [-0.3, -0.25) is 9.89 Å². The zero-order chi connectivity index (χ0) is 27.3. The van der Waals surface area contributed by atoms with Gasteiger partial charge in [0, 0.05) is 22.6 Å². The number of nitrogens with two attached hydrogens (primary N) is 1. The number of halogens is 3. The molecule has 0 spiro atoms. The minimum atomic E-state index is -4.80. The third kappa shape index (κ3) is 6.51. The average Bonchev–Trinajstić information content (AvgIpc) is 3.29. The summed E-state index contributed by atoms with van der Waals surface area (Å²) in [5, 5.41) is 15.2. The lowest BCUT2D eigenvalue weighted by Gasteiger charge is -2.11. The smallest absolute Gasteiger partial charge is 0.497 e. The molecule has 0 saturated carbocycles. The van der Waals surface area contributed by atoms with Crippen LogP contribution in [0.3, 0.4) is 0 Å². The summed E-state index contributed by atoms with van der Waals surface area (Å²) < 4.78 is 45.7. The van der Waals surface area contributed by atoms with Gasteiger partial charge in [0.15, 0.2) is 0 Å². The van der Waals surface area contributed by atoms with E-state index in [4.69, 9.17) is 10.5 Å². The van der Waals surface area contributed by atoms with Crippen LogP contribution in [0, 0.1) is 0 Å². The summed E-state index contributed by atoms with van der Waals surface area (Å²) in [7, 11) is 1.56. The van der Waals surface area contributed by atoms with E-state index in [-0.39, 0.29) is 11.3 Å². The number of rotatable bonds is 8. The van der Waals surface area contributed by atoms with Crippen molar-refractivity contribution >= 4 is 34.8 Å². The molecule has 38 heavy (non-hydrogen) atoms. The number of aromatic amines is 1. The zero-order valence-corrected chi connectivity index (χ0v) is 19.7. The van der Waals surface area contributed by atoms with Crippen LogP contribution in [0.15, 0.2) is 72.8 Å². The normalized spacial score (nSPS) is 10.9. The second-order valence-corrected chi connectivity index (χ2v) is 7.77. The SMILES string of the molecule is COc1ccc(Nc2[nH]nc(-c3ccc(NC(=O)Nc4ccc(OC(F)(F)F)cc4)cc3)c2C(N)=O)cc1. The van der Waals surface area contributed by atoms with Gasteiger partial charge in [0.2, 0.25) is 0 Å². The maximum absolute atomic E-state index is 12.3. The summed E-state index contributed by atoms with van der Waals surface area (Å²) in [5.41, 5.74) is 7.99. The summed E-state index contributed by atoms with van der Waals surface area (Å²) in [6, 6.07) is 17.6. The highest BCUT2D eigenvalue weighted by Crippen LogP contribution is 2.30. The fourth-order valence-electron chi connectivity index (χ4n) is 3.44. The fourth-order valence-corrected chi connectivity index (χ4v) is 3.44. The van der Waals surface area contributed by atoms with E-state index in [1.165, 1.54) is 12.1 Å². The molecule has 0 fully saturated rings. The first kappa shape index (κ1) is 25.9. The quantitative estimate of drug-likeness (QED) is 0.206. The van der Waals surface area contributed by atoms with Crippen LogP contribution in [0.2, 0.25) is 0 Å². The van der Waals surface area contributed by atoms with Gasteiger partial charge in [0.05, 0.1) is 7.11 Å². The maximum Gasteiger partial charge on any atom is 0.573 e. The molecule has 196 valence electrons. The Bertz CT molecular complexity index is 1420. The molecule has 0 aliphatic heterocycles. The van der Waals surface area contributed by atoms with Gasteiger partial charge in [0.25, 0.3) is 5.91 Å². The van der Waals surface area contributed by atoms with Crippen LogP contribution in [0.1, 0.15) is 10.4 Å². The highest BCUT2D eigenvalue weighted by molar-refractivity contribution is 6.04. The van der Waals surface area contributed by atoms with E-state index in [1.807, 2.05) is 0 Å². The number of nitrogens with one attached hydrogen (secondary N) is 4. The second kappa shape index (κ2) is 10.8. The van der Waals surface area contributed by atoms with E-state index in [2.05, 4.69) is 30.9 Å². The number of carbonyl (C=O) groups is 2. The van der Waals surface area contributed by atoms with Crippen LogP contribution in [0.5, 0.6) is 11.5 Å². The molecular formula is C25H21F3N6O4. The molecule has 6 N–H and O–H groups in total. The summed E-state index contributed by atoms with van der Waals surface area (Å²) in [6.07, 6.45) is -4.80. The van der Waals surface area contributed by atoms with Crippen LogP contribution in [-0.4, -0.2) is 35.6 Å². The number of H-pyrrole nitrogens is 1. The summed E-state index contributed by atoms with van der Waals surface area (Å²) >= 11 is 0. The summed E-state index contributed by atoms with van der Waals surface area (Å²) in [4.78, 5) is 24.5. The largest absolute Gasteiger partial charge is 0.573 e. The Morgan fingerprint density at radius 1 is 0.842 bits per heavy atom. The van der Waals surface area contributed by atoms with Gasteiger partial charge in [-0.25, -0.2) is 4.79 Å². The predicted molar refractivity (Wildman–Crippen MR) is 135 cm³/mol. The first-order chi connectivity index (χ1) is 18.1. The van der Waals surface area contributed by atoms with E-state index in [1.54, 1.807) is 55.6 Å². The molecule has 0 aliphatic rings. The summed E-state index contributed by atoms with van der Waals surface area (Å²) in [5.74, 6) is -0.120. The number of nitrogens with zero attached hydrogens (tertiary/aromatic N) is 1. The number of primary amides is 1. The number of hydrogen-bond donors (Lipinski definition) is 5. The van der Waals surface area contributed by atoms with Crippen molar-refractivity contribution in [3.8, 4) is 22.8 Å². The lowest BCUT2D eigenvalue weighted by atomic mass is 10.1. The summed E-state index contributed by atoms with van der Waals surface area (Å²) in [6.45, 7) is 0. The molecule has 3 amide bonds. The van der Waals surface area contributed by atoms with Crippen molar-refractivity contribution in [3.63, 3.8) is 0 Å². The molecule has 0 unspecified atom stereocenters. The number of hydrogen-bond acceptors (Lipinski definition) is 6. The minimum absolute atomic E-state index is 0.150. The van der Waals surface area contributed by atoms with Gasteiger partial charge in [0.1, 0.15) is 28.6 Å². The minimum Gasteiger partial charge on any atom is -0.497 e. The highest BCUT2D eigenvalue weighted by Gasteiger charge is 2.31. The highest BCUT2D eigenvalue weighted by atomic mass is 19.4. The van der Waals surface area contributed by atoms with Crippen molar-refractivity contribution in [1.29, 1.82) is 0 Å². The first-order valence-electron chi connectivity index (χ1n) is 10.9. The van der Waals surface area contributed by atoms with Gasteiger partial charge in [-0.1, -0.05) is 12.1 Å². The molecule has 1 aromatic heterocycles. The predicted octanol–water partition coefficient (Wildman–Crippen LogP) is 5.47. The molecular weight excluding hydrogens is 505 g/mol. The van der Waals surface area contributed by atoms with Gasteiger partial charge < -0.3 is 31.2 Å². The topological polar surface area (TPSA) is 143 Å². The Morgan fingerprint density at radius 2 is 1.37 bits per heavy atom. The monoisotopic (exact) mass is 526 g/mol. The molecule has 1 heterocycles. The van der Waals surface area contributed by atoms with Crippen LogP contribution in [0.25, 0.3) is 11.3 Å². The van der Waals surface area contributed by atoms with Gasteiger partial charge in [-0.15, -0.1) is 13.2 Å². The molecule has 0 atom stereocenters. The van der Waals surface area contributed by atoms with Gasteiger partial charge >= 0.3 is 12.4 Å². The molecule has 0 radical (unpaired) electrons. The van der Waals surface area contributed by atoms with E-state index in [9.17, 15) is 22.8 Å². The van der Waals surface area contributed by atoms with Crippen molar-refractivity contribution in [2.24, 2.45) is 5.73 Å². The molecule has 10 nitrogen and oxygen atoms in total. The number of carbonyl (C=O) groups excluding carboxylic acids is 2. The Morgan fingerprint density at radius 3 is 1.89 bits per heavy atom. The van der Waals surface area contributed by atoms with Gasteiger partial charge in [-0.2, -0.15) is 5.10 Å². The molecule has 0 saturated heterocycles. The Kier molecular flexibility index (Phi) is 7.37. The number of ether oxygens (including phenoxy) is 2. The third-order valence-electron chi connectivity index (χ3n) is 5.13. The lowest BCUT2D eigenvalue weighted by Crippen LogP contribution is -2.19. The van der Waals surface area contributed by atoms with E-state index in [0.29, 0.717) is 34.2 Å². The van der Waals surface area contributed by atoms with Gasteiger partial charge in [-0.05, 0) is 60.7 Å². The van der Waals surface area contributed by atoms with Crippen LogP contribution in [0.4, 0.5) is 40.8 Å². The Labute approximate surface area is 213 Å². The standard InChI is InChI=1S/C25H21F3N6O4/c1-37-18-10-6-15(7-11-18)30-23-20(22(29)35)21(33-34-23)14-2-4-16(5-3-14)31-24(36)32-17-8-12-19(13-9-17)38-25(26,27)28/h2-13H,1H3,(H2,29,35)(H2,30,33,34)(H2,31,32,36). The van der Waals surface area contributed by atoms with E-state index < -0.39 is 24.1 Å². The lowest BCUT2D eigenvalue weighted by molar-refractivity contribution is -0.274. The van der Waals surface area contributed by atoms with E-state index in [0.717, 1.165) is 12.1 Å². The number of amides is 3. The number of aromatic nitrogens is 2. The molecule has 0 aliphatic carbocycles. The molecule has 4 rings (SSSR count). The molecule has 0 bridgehead atoms. The average molecular weight is 526 g/mol. The molecule has 3 aromatic carbocycles. The number of benzene rings is 3. The van der Waals surface area contributed by atoms with Crippen molar-refractivity contribution < 1.29 is 32.2 Å². The fraction of sp³-hybridized carbons (Fsp3) is 0.0800.